The van der Waals surface area contributed by atoms with Gasteiger partial charge in [-0.1, -0.05) is 42.5 Å². The summed E-state index contributed by atoms with van der Waals surface area (Å²) < 4.78 is 78.0. The van der Waals surface area contributed by atoms with E-state index in [9.17, 15) is 46.7 Å². The normalized spacial score (nSPS) is 17.2. The third-order valence-corrected chi connectivity index (χ3v) is 12.2. The van der Waals surface area contributed by atoms with Gasteiger partial charge in [0.1, 0.15) is 29.2 Å². The summed E-state index contributed by atoms with van der Waals surface area (Å²) in [6, 6.07) is 17.1. The molecule has 2 aliphatic heterocycles. The van der Waals surface area contributed by atoms with E-state index in [0.717, 1.165) is 28.6 Å². The van der Waals surface area contributed by atoms with E-state index < -0.39 is 81.0 Å². The number of nitro groups is 2. The lowest BCUT2D eigenvalue weighted by molar-refractivity contribution is -0.388. The second-order valence-electron chi connectivity index (χ2n) is 14.0. The summed E-state index contributed by atoms with van der Waals surface area (Å²) in [6.07, 6.45) is -1.87. The number of esters is 1. The molecule has 4 aromatic rings. The average Bonchev–Trinajstić information content (AvgIpc) is 3.35. The molecule has 2 heterocycles. The lowest BCUT2D eigenvalue weighted by Crippen LogP contribution is -2.50. The highest BCUT2D eigenvalue weighted by Gasteiger charge is 2.41. The highest BCUT2D eigenvalue weighted by Crippen LogP contribution is 2.40. The van der Waals surface area contributed by atoms with Gasteiger partial charge < -0.3 is 18.4 Å². The first kappa shape index (κ1) is 40.5. The Balaban J connectivity index is 1.40. The van der Waals surface area contributed by atoms with E-state index in [1.54, 1.807) is 32.9 Å². The topological polar surface area (TPSA) is 232 Å². The van der Waals surface area contributed by atoms with Gasteiger partial charge in [0.25, 0.3) is 11.4 Å². The average molecular weight is 825 g/mol. The van der Waals surface area contributed by atoms with E-state index in [0.29, 0.717) is 22.3 Å². The van der Waals surface area contributed by atoms with Gasteiger partial charge in [-0.05, 0) is 67.8 Å². The molecule has 57 heavy (non-hydrogen) atoms. The summed E-state index contributed by atoms with van der Waals surface area (Å²) in [5, 5.41) is 23.4. The standard InChI is InChI=1S/C37H36N4O14S2/c1-37(2,3)54-36(43)39-21-25-19-31-26(17-24(25)18-30(39)35(42)52-4)20-38(56(48,49)33-11-7-5-9-28(33)40(44)45)22-32(53-31)23-13-15-27(16-14-23)55-57(50,51)34-12-8-6-10-29(34)41(46)47/h5-17,19,30,32H,18,20-22H2,1-4H3/t30-,32+/m0/s1. The van der Waals surface area contributed by atoms with Crippen LogP contribution < -0.4 is 8.92 Å². The fourth-order valence-electron chi connectivity index (χ4n) is 6.44. The summed E-state index contributed by atoms with van der Waals surface area (Å²) >= 11 is 0. The summed E-state index contributed by atoms with van der Waals surface area (Å²) in [4.78, 5) is 48.0. The molecule has 20 heteroatoms. The van der Waals surface area contributed by atoms with Crippen LogP contribution in [-0.2, 0) is 53.9 Å². The van der Waals surface area contributed by atoms with E-state index >= 15 is 0 Å². The Morgan fingerprint density at radius 1 is 0.807 bits per heavy atom. The molecule has 18 nitrogen and oxygen atoms in total. The molecule has 0 aliphatic carbocycles. The second-order valence-corrected chi connectivity index (χ2v) is 17.5. The van der Waals surface area contributed by atoms with Gasteiger partial charge in [0.15, 0.2) is 9.79 Å². The van der Waals surface area contributed by atoms with Gasteiger partial charge >= 0.3 is 22.2 Å². The molecule has 0 fully saturated rings. The summed E-state index contributed by atoms with van der Waals surface area (Å²) in [5.41, 5.74) is -0.364. The maximum atomic E-state index is 14.3. The van der Waals surface area contributed by atoms with Gasteiger partial charge in [-0.15, -0.1) is 0 Å². The van der Waals surface area contributed by atoms with Crippen LogP contribution in [0.2, 0.25) is 0 Å². The van der Waals surface area contributed by atoms with Crippen LogP contribution in [0.5, 0.6) is 11.5 Å². The number of carbonyl (C=O) groups is 2. The largest absolute Gasteiger partial charge is 0.484 e. The molecule has 0 unspecified atom stereocenters. The van der Waals surface area contributed by atoms with Crippen molar-refractivity contribution in [1.82, 2.24) is 9.21 Å². The van der Waals surface area contributed by atoms with Crippen molar-refractivity contribution >= 4 is 43.6 Å². The van der Waals surface area contributed by atoms with Gasteiger partial charge in [0.05, 0.1) is 30.0 Å². The number of hydrogen-bond donors (Lipinski definition) is 0. The highest BCUT2D eigenvalue weighted by molar-refractivity contribution is 7.89. The molecule has 0 spiro atoms. The molecule has 0 saturated heterocycles. The first-order valence-corrected chi connectivity index (χ1v) is 20.0. The molecule has 1 amide bonds. The maximum absolute atomic E-state index is 14.3. The third-order valence-electron chi connectivity index (χ3n) is 9.07. The number of carbonyl (C=O) groups excluding carboxylic acids is 2. The van der Waals surface area contributed by atoms with E-state index in [2.05, 4.69) is 0 Å². The number of ether oxygens (including phenoxy) is 3. The first-order valence-electron chi connectivity index (χ1n) is 17.2. The zero-order valence-corrected chi connectivity index (χ0v) is 32.5. The Morgan fingerprint density at radius 3 is 2.00 bits per heavy atom. The minimum absolute atomic E-state index is 0.00856. The molecule has 0 aromatic heterocycles. The van der Waals surface area contributed by atoms with Crippen LogP contribution in [-0.4, -0.2) is 73.2 Å². The summed E-state index contributed by atoms with van der Waals surface area (Å²) in [6.45, 7) is 4.25. The van der Waals surface area contributed by atoms with Crippen molar-refractivity contribution in [2.24, 2.45) is 0 Å². The van der Waals surface area contributed by atoms with Crippen LogP contribution in [0.25, 0.3) is 0 Å². The van der Waals surface area contributed by atoms with E-state index in [-0.39, 0.29) is 37.6 Å². The fraction of sp³-hybridized carbons (Fsp3) is 0.297. The first-order chi connectivity index (χ1) is 26.8. The number of sulfonamides is 1. The zero-order valence-electron chi connectivity index (χ0n) is 30.9. The van der Waals surface area contributed by atoms with Crippen LogP contribution in [0.3, 0.4) is 0 Å². The molecular weight excluding hydrogens is 789 g/mol. The molecule has 2 aliphatic rings. The molecule has 4 aromatic carbocycles. The number of amides is 1. The predicted octanol–water partition coefficient (Wildman–Crippen LogP) is 5.43. The Morgan fingerprint density at radius 2 is 1.40 bits per heavy atom. The van der Waals surface area contributed by atoms with E-state index in [1.807, 2.05) is 0 Å². The van der Waals surface area contributed by atoms with Gasteiger partial charge in [-0.3, -0.25) is 25.1 Å². The van der Waals surface area contributed by atoms with Crippen molar-refractivity contribution in [3.63, 3.8) is 0 Å². The SMILES string of the molecule is COC(=O)[C@@H]1Cc2cc3c(cc2CN1C(=O)OC(C)(C)C)O[C@@H](c1ccc(OS(=O)(=O)c2ccccc2[N+](=O)[O-])cc1)CN(S(=O)(=O)c1ccccc1[N+](=O)[O-])C3. The second kappa shape index (κ2) is 15.4. The number of nitrogens with zero attached hydrogens (tertiary/aromatic N) is 4. The van der Waals surface area contributed by atoms with E-state index in [4.69, 9.17) is 18.4 Å². The molecule has 0 bridgehead atoms. The molecular formula is C37H36N4O14S2. The number of methoxy groups -OCH3 is 1. The summed E-state index contributed by atoms with van der Waals surface area (Å²) in [7, 11) is -8.07. The Kier molecular flexibility index (Phi) is 11.0. The molecule has 300 valence electrons. The van der Waals surface area contributed by atoms with Crippen LogP contribution in [0, 0.1) is 20.2 Å². The number of fused-ring (bicyclic) bond motifs is 2. The Bertz CT molecular complexity index is 2490. The highest BCUT2D eigenvalue weighted by atomic mass is 32.2. The molecule has 0 radical (unpaired) electrons. The van der Waals surface area contributed by atoms with Gasteiger partial charge in [0.2, 0.25) is 10.0 Å². The van der Waals surface area contributed by atoms with Crippen molar-refractivity contribution in [3.8, 4) is 11.5 Å². The minimum atomic E-state index is -4.66. The number of benzene rings is 4. The lowest BCUT2D eigenvalue weighted by Gasteiger charge is -2.36. The smallest absolute Gasteiger partial charge is 0.411 e. The predicted molar refractivity (Wildman–Crippen MR) is 199 cm³/mol. The van der Waals surface area contributed by atoms with Crippen LogP contribution in [0.4, 0.5) is 16.2 Å². The fourth-order valence-corrected chi connectivity index (χ4v) is 9.11. The lowest BCUT2D eigenvalue weighted by atomic mass is 9.92. The van der Waals surface area contributed by atoms with Crippen molar-refractivity contribution < 1.29 is 54.7 Å². The van der Waals surface area contributed by atoms with Crippen molar-refractivity contribution in [1.29, 1.82) is 0 Å². The zero-order chi connectivity index (χ0) is 41.4. The summed E-state index contributed by atoms with van der Waals surface area (Å²) in [5.74, 6) is -0.702. The maximum Gasteiger partial charge on any atom is 0.411 e. The van der Waals surface area contributed by atoms with E-state index in [1.165, 1.54) is 60.5 Å². The molecule has 2 atom stereocenters. The number of rotatable bonds is 9. The van der Waals surface area contributed by atoms with Gasteiger partial charge in [-0.25, -0.2) is 18.0 Å². The van der Waals surface area contributed by atoms with Crippen molar-refractivity contribution in [3.05, 3.63) is 127 Å². The van der Waals surface area contributed by atoms with Crippen LogP contribution >= 0.6 is 0 Å². The third kappa shape index (κ3) is 8.52. The van der Waals surface area contributed by atoms with Gasteiger partial charge in [0, 0.05) is 30.7 Å². The molecule has 0 N–H and O–H groups in total. The quantitative estimate of drug-likeness (QED) is 0.0887. The number of hydrogen-bond acceptors (Lipinski definition) is 14. The van der Waals surface area contributed by atoms with Crippen LogP contribution in [0.1, 0.15) is 49.1 Å². The van der Waals surface area contributed by atoms with Crippen LogP contribution in [0.15, 0.2) is 94.7 Å². The molecule has 6 rings (SSSR count). The minimum Gasteiger partial charge on any atom is -0.484 e. The monoisotopic (exact) mass is 824 g/mol. The number of para-hydroxylation sites is 2. The molecule has 0 saturated carbocycles. The van der Waals surface area contributed by atoms with Gasteiger partial charge in [-0.2, -0.15) is 12.7 Å². The van der Waals surface area contributed by atoms with Crippen molar-refractivity contribution in [2.75, 3.05) is 13.7 Å². The Labute approximate surface area is 327 Å². The number of nitro benzene ring substituents is 2. The van der Waals surface area contributed by atoms with Crippen molar-refractivity contribution in [2.45, 2.75) is 67.8 Å². The Hall–Kier alpha value is -6.12.